The molecule has 0 spiro atoms. The Bertz CT molecular complexity index is 898. The van der Waals surface area contributed by atoms with E-state index < -0.39 is 6.04 Å². The van der Waals surface area contributed by atoms with Gasteiger partial charge in [0.1, 0.15) is 11.9 Å². The van der Waals surface area contributed by atoms with Gasteiger partial charge in [0.25, 0.3) is 0 Å². The molecule has 1 aliphatic rings. The zero-order chi connectivity index (χ0) is 23.6. The molecule has 33 heavy (non-hydrogen) atoms. The first-order chi connectivity index (χ1) is 16.1. The van der Waals surface area contributed by atoms with E-state index in [1.54, 1.807) is 35.5 Å². The second-order valence-electron chi connectivity index (χ2n) is 8.18. The Morgan fingerprint density at radius 2 is 1.94 bits per heavy atom. The predicted octanol–water partition coefficient (Wildman–Crippen LogP) is 5.30. The molecule has 0 radical (unpaired) electrons. The van der Waals surface area contributed by atoms with Gasteiger partial charge in [-0.15, -0.1) is 22.9 Å². The number of hydrogen-bond acceptors (Lipinski definition) is 5. The van der Waals surface area contributed by atoms with Gasteiger partial charge in [0.2, 0.25) is 11.8 Å². The molecular weight excluding hydrogens is 460 g/mol. The maximum atomic E-state index is 13.7. The summed E-state index contributed by atoms with van der Waals surface area (Å²) in [5.41, 5.74) is 0.663. The van der Waals surface area contributed by atoms with Crippen molar-refractivity contribution >= 4 is 34.8 Å². The van der Waals surface area contributed by atoms with Crippen molar-refractivity contribution in [1.82, 2.24) is 10.2 Å². The molecule has 1 aliphatic carbocycles. The third-order valence-electron chi connectivity index (χ3n) is 5.91. The van der Waals surface area contributed by atoms with Crippen LogP contribution < -0.4 is 14.8 Å². The van der Waals surface area contributed by atoms with Crippen LogP contribution in [0.1, 0.15) is 61.9 Å². The Morgan fingerprint density at radius 1 is 1.18 bits per heavy atom. The molecule has 1 fully saturated rings. The van der Waals surface area contributed by atoms with Crippen molar-refractivity contribution in [3.8, 4) is 11.5 Å². The fraction of sp³-hybridized carbons (Fsp3) is 0.520. The smallest absolute Gasteiger partial charge is 0.247 e. The zero-order valence-electron chi connectivity index (χ0n) is 19.3. The molecule has 2 aromatic rings. The van der Waals surface area contributed by atoms with E-state index >= 15 is 0 Å². The number of nitrogens with one attached hydrogen (secondary N) is 1. The summed E-state index contributed by atoms with van der Waals surface area (Å²) < 4.78 is 11.2. The van der Waals surface area contributed by atoms with Gasteiger partial charge in [-0.1, -0.05) is 37.8 Å². The molecule has 6 nitrogen and oxygen atoms in total. The second kappa shape index (κ2) is 12.8. The number of benzene rings is 1. The summed E-state index contributed by atoms with van der Waals surface area (Å²) in [6, 6.07) is 8.58. The van der Waals surface area contributed by atoms with Gasteiger partial charge >= 0.3 is 0 Å². The van der Waals surface area contributed by atoms with Crippen LogP contribution in [0.2, 0.25) is 0 Å². The zero-order valence-corrected chi connectivity index (χ0v) is 20.9. The first-order valence-corrected chi connectivity index (χ1v) is 13.0. The largest absolute Gasteiger partial charge is 0.493 e. The number of ether oxygens (including phenoxy) is 2. The first-order valence-electron chi connectivity index (χ1n) is 11.6. The molecule has 1 heterocycles. The quantitative estimate of drug-likeness (QED) is 0.361. The number of halogens is 1. The fourth-order valence-corrected chi connectivity index (χ4v) is 5.13. The standard InChI is InChI=1S/C25H33ClN2O4S/c1-3-32-21-13-12-18(15-22(21)31-2)24(25(30)27-19-9-6-4-5-7-10-19)28(23(29)16-26)17-20-11-8-14-33-20/h8,11-15,19,24H,3-7,9-10,16-17H2,1-2H3,(H,27,30). The molecule has 1 aromatic heterocycles. The highest BCUT2D eigenvalue weighted by molar-refractivity contribution is 7.09. The van der Waals surface area contributed by atoms with E-state index in [1.165, 1.54) is 12.8 Å². The number of rotatable bonds is 10. The normalized spacial score (nSPS) is 15.4. The highest BCUT2D eigenvalue weighted by Gasteiger charge is 2.33. The molecule has 0 saturated heterocycles. The predicted molar refractivity (Wildman–Crippen MR) is 132 cm³/mol. The number of amides is 2. The third-order valence-corrected chi connectivity index (χ3v) is 7.00. The lowest BCUT2D eigenvalue weighted by atomic mass is 10.0. The average molecular weight is 493 g/mol. The molecule has 1 aromatic carbocycles. The van der Waals surface area contributed by atoms with Crippen LogP contribution in [0.4, 0.5) is 0 Å². The third kappa shape index (κ3) is 6.87. The molecule has 3 rings (SSSR count). The number of hydrogen-bond donors (Lipinski definition) is 1. The monoisotopic (exact) mass is 492 g/mol. The topological polar surface area (TPSA) is 67.9 Å². The number of alkyl halides is 1. The second-order valence-corrected chi connectivity index (χ2v) is 9.48. The summed E-state index contributed by atoms with van der Waals surface area (Å²) in [7, 11) is 1.57. The maximum Gasteiger partial charge on any atom is 0.247 e. The van der Waals surface area contributed by atoms with Crippen molar-refractivity contribution in [3.05, 3.63) is 46.2 Å². The van der Waals surface area contributed by atoms with E-state index in [0.29, 0.717) is 30.2 Å². The van der Waals surface area contributed by atoms with Crippen molar-refractivity contribution in [1.29, 1.82) is 0 Å². The number of nitrogens with zero attached hydrogens (tertiary/aromatic N) is 1. The highest BCUT2D eigenvalue weighted by Crippen LogP contribution is 2.34. The number of thiophene rings is 1. The minimum absolute atomic E-state index is 0.113. The Labute approximate surface area is 205 Å². The molecule has 8 heteroatoms. The van der Waals surface area contributed by atoms with E-state index in [0.717, 1.165) is 30.6 Å². The van der Waals surface area contributed by atoms with Gasteiger partial charge in [-0.2, -0.15) is 0 Å². The van der Waals surface area contributed by atoms with Crippen LogP contribution in [0.5, 0.6) is 11.5 Å². The summed E-state index contributed by atoms with van der Waals surface area (Å²) in [5.74, 6) is 0.436. The molecule has 180 valence electrons. The SMILES string of the molecule is CCOc1ccc(C(C(=O)NC2CCCCCC2)N(Cc2cccs2)C(=O)CCl)cc1OC. The van der Waals surface area contributed by atoms with Crippen LogP contribution in [-0.4, -0.2) is 42.4 Å². The molecule has 1 unspecified atom stereocenters. The van der Waals surface area contributed by atoms with Gasteiger partial charge in [-0.05, 0) is 48.9 Å². The molecule has 1 N–H and O–H groups in total. The van der Waals surface area contributed by atoms with Crippen LogP contribution in [0.3, 0.4) is 0 Å². The van der Waals surface area contributed by atoms with Crippen LogP contribution in [-0.2, 0) is 16.1 Å². The Hall–Kier alpha value is -2.25. The molecule has 1 saturated carbocycles. The summed E-state index contributed by atoms with van der Waals surface area (Å²) in [5, 5.41) is 5.19. The van der Waals surface area contributed by atoms with Crippen molar-refractivity contribution in [2.24, 2.45) is 0 Å². The maximum absolute atomic E-state index is 13.7. The van der Waals surface area contributed by atoms with Gasteiger partial charge in [0.15, 0.2) is 11.5 Å². The van der Waals surface area contributed by atoms with Gasteiger partial charge in [-0.3, -0.25) is 9.59 Å². The summed E-state index contributed by atoms with van der Waals surface area (Å²) in [6.45, 7) is 2.70. The van der Waals surface area contributed by atoms with Crippen LogP contribution >= 0.6 is 22.9 Å². The summed E-state index contributed by atoms with van der Waals surface area (Å²) >= 11 is 7.54. The van der Waals surface area contributed by atoms with Gasteiger partial charge in [0.05, 0.1) is 20.3 Å². The fourth-order valence-electron chi connectivity index (χ4n) is 4.28. The average Bonchev–Trinajstić information content (AvgIpc) is 3.21. The van der Waals surface area contributed by atoms with Crippen molar-refractivity contribution < 1.29 is 19.1 Å². The van der Waals surface area contributed by atoms with Crippen molar-refractivity contribution in [3.63, 3.8) is 0 Å². The number of methoxy groups -OCH3 is 1. The van der Waals surface area contributed by atoms with Crippen LogP contribution in [0.15, 0.2) is 35.7 Å². The first kappa shape index (κ1) is 25.4. The van der Waals surface area contributed by atoms with Gasteiger partial charge in [-0.25, -0.2) is 0 Å². The minimum atomic E-state index is -0.828. The summed E-state index contributed by atoms with van der Waals surface area (Å²) in [4.78, 5) is 29.3. The highest BCUT2D eigenvalue weighted by atomic mass is 35.5. The number of carbonyl (C=O) groups is 2. The summed E-state index contributed by atoms with van der Waals surface area (Å²) in [6.07, 6.45) is 6.51. The minimum Gasteiger partial charge on any atom is -0.493 e. The van der Waals surface area contributed by atoms with E-state index in [2.05, 4.69) is 5.32 Å². The Balaban J connectivity index is 1.98. The Kier molecular flexibility index (Phi) is 9.88. The van der Waals surface area contributed by atoms with E-state index in [-0.39, 0.29) is 23.7 Å². The van der Waals surface area contributed by atoms with Gasteiger partial charge < -0.3 is 19.7 Å². The number of carbonyl (C=O) groups excluding carboxylic acids is 2. The van der Waals surface area contributed by atoms with Crippen molar-refractivity contribution in [2.75, 3.05) is 19.6 Å². The molecule has 1 atom stereocenters. The van der Waals surface area contributed by atoms with E-state index in [4.69, 9.17) is 21.1 Å². The van der Waals surface area contributed by atoms with E-state index in [9.17, 15) is 9.59 Å². The lowest BCUT2D eigenvalue weighted by molar-refractivity contribution is -0.140. The molecule has 0 bridgehead atoms. The Morgan fingerprint density at radius 3 is 2.55 bits per heavy atom. The lowest BCUT2D eigenvalue weighted by Gasteiger charge is -2.32. The van der Waals surface area contributed by atoms with E-state index in [1.807, 2.05) is 30.5 Å². The van der Waals surface area contributed by atoms with Crippen LogP contribution in [0.25, 0.3) is 0 Å². The van der Waals surface area contributed by atoms with Gasteiger partial charge in [0, 0.05) is 10.9 Å². The molecule has 2 amide bonds. The van der Waals surface area contributed by atoms with Crippen LogP contribution in [0, 0.1) is 0 Å². The molecule has 0 aliphatic heterocycles. The molecular formula is C25H33ClN2O4S. The van der Waals surface area contributed by atoms with Crippen molar-refractivity contribution in [2.45, 2.75) is 64.1 Å². The lowest BCUT2D eigenvalue weighted by Crippen LogP contribution is -2.46.